The van der Waals surface area contributed by atoms with Crippen LogP contribution < -0.4 is 16.0 Å². The first-order valence-electron chi connectivity index (χ1n) is 20.2. The van der Waals surface area contributed by atoms with Crippen LogP contribution in [0.1, 0.15) is 91.5 Å². The van der Waals surface area contributed by atoms with Crippen molar-refractivity contribution in [2.45, 2.75) is 135 Å². The number of halogens is 2. The van der Waals surface area contributed by atoms with Crippen LogP contribution in [0.3, 0.4) is 0 Å². The summed E-state index contributed by atoms with van der Waals surface area (Å²) in [6.45, 7) is 9.56. The van der Waals surface area contributed by atoms with E-state index in [0.717, 1.165) is 18.6 Å². The molecule has 3 N–H and O–H groups in total. The van der Waals surface area contributed by atoms with Crippen LogP contribution >= 0.6 is 0 Å². The van der Waals surface area contributed by atoms with E-state index in [1.165, 1.54) is 34.6 Å². The Balaban J connectivity index is 1.50. The lowest BCUT2D eigenvalue weighted by Gasteiger charge is -2.41. The molecule has 0 saturated carbocycles. The molecule has 57 heavy (non-hydrogen) atoms. The maximum absolute atomic E-state index is 14.7. The summed E-state index contributed by atoms with van der Waals surface area (Å²) in [6, 6.07) is -4.23. The standard InChI is InChI=1S/C41H56F2N6O8/c1-6-23(2)10-7-13-34(50)45-30(21-27-19-28(42)22-29(43)20-27)36(51)46-35-26(5)57-41(56)32-12-9-16-48(32)38(53)25(4)44-37(52)33-18-24(3)14-17-49(33)39(54)31-11-8-15-47(31)40(35)55/h7,13,19-20,22-26,30-33,35H,6,8-12,14-18,21H2,1-5H3,(H,44,52)(H,45,50)(H,46,51)/b13-7+/t23?,24?,25-,26-,30-,31-,32-,33-,35-/m0/s1. The zero-order valence-corrected chi connectivity index (χ0v) is 33.4. The molecule has 14 nitrogen and oxygen atoms in total. The van der Waals surface area contributed by atoms with Crippen molar-refractivity contribution in [3.8, 4) is 0 Å². The molecule has 0 bridgehead atoms. The predicted octanol–water partition coefficient (Wildman–Crippen LogP) is 2.53. The lowest BCUT2D eigenvalue weighted by Crippen LogP contribution is -2.63. The minimum absolute atomic E-state index is 0.0557. The molecule has 4 aliphatic heterocycles. The summed E-state index contributed by atoms with van der Waals surface area (Å²) in [5.41, 5.74) is 0.0557. The largest absolute Gasteiger partial charge is 0.458 e. The molecule has 5 rings (SSSR count). The molecule has 1 aromatic rings. The van der Waals surface area contributed by atoms with Gasteiger partial charge in [-0.25, -0.2) is 13.6 Å². The van der Waals surface area contributed by atoms with Crippen LogP contribution in [0.2, 0.25) is 0 Å². The van der Waals surface area contributed by atoms with Gasteiger partial charge in [0, 0.05) is 32.1 Å². The Kier molecular flexibility index (Phi) is 14.4. The van der Waals surface area contributed by atoms with Gasteiger partial charge in [-0.3, -0.25) is 28.8 Å². The number of allylic oxidation sites excluding steroid dienone is 1. The summed E-state index contributed by atoms with van der Waals surface area (Å²) in [7, 11) is 0. The quantitative estimate of drug-likeness (QED) is 0.253. The summed E-state index contributed by atoms with van der Waals surface area (Å²) in [6.07, 6.45) is 5.14. The third-order valence-corrected chi connectivity index (χ3v) is 11.6. The number of amides is 6. The van der Waals surface area contributed by atoms with Crippen molar-refractivity contribution in [2.75, 3.05) is 19.6 Å². The van der Waals surface area contributed by atoms with Gasteiger partial charge in [-0.05, 0) is 94.4 Å². The molecular weight excluding hydrogens is 742 g/mol. The third-order valence-electron chi connectivity index (χ3n) is 11.6. The maximum Gasteiger partial charge on any atom is 0.329 e. The van der Waals surface area contributed by atoms with Gasteiger partial charge in [0.25, 0.3) is 0 Å². The molecule has 0 aromatic heterocycles. The smallest absolute Gasteiger partial charge is 0.329 e. The van der Waals surface area contributed by atoms with E-state index >= 15 is 0 Å². The van der Waals surface area contributed by atoms with Crippen LogP contribution in [0.15, 0.2) is 30.4 Å². The number of hydrogen-bond donors (Lipinski definition) is 3. The van der Waals surface area contributed by atoms with E-state index in [4.69, 9.17) is 4.74 Å². The van der Waals surface area contributed by atoms with Crippen molar-refractivity contribution in [3.63, 3.8) is 0 Å². The first-order chi connectivity index (χ1) is 27.1. The van der Waals surface area contributed by atoms with E-state index in [0.29, 0.717) is 44.1 Å². The van der Waals surface area contributed by atoms with Gasteiger partial charge < -0.3 is 35.4 Å². The van der Waals surface area contributed by atoms with E-state index in [2.05, 4.69) is 16.0 Å². The third kappa shape index (κ3) is 10.5. The molecule has 4 heterocycles. The first-order valence-corrected chi connectivity index (χ1v) is 20.2. The summed E-state index contributed by atoms with van der Waals surface area (Å²) >= 11 is 0. The van der Waals surface area contributed by atoms with Crippen molar-refractivity contribution in [1.82, 2.24) is 30.7 Å². The summed E-state index contributed by atoms with van der Waals surface area (Å²) in [4.78, 5) is 102. The van der Waals surface area contributed by atoms with E-state index < -0.39 is 95.4 Å². The minimum Gasteiger partial charge on any atom is -0.458 e. The second kappa shape index (κ2) is 19.0. The lowest BCUT2D eigenvalue weighted by atomic mass is 9.91. The van der Waals surface area contributed by atoms with E-state index in [-0.39, 0.29) is 50.4 Å². The average Bonchev–Trinajstić information content (AvgIpc) is 3.86. The molecule has 4 saturated heterocycles. The van der Waals surface area contributed by atoms with Crippen molar-refractivity contribution in [1.29, 1.82) is 0 Å². The van der Waals surface area contributed by atoms with Crippen LogP contribution in [0.4, 0.5) is 8.78 Å². The molecule has 9 atom stereocenters. The fourth-order valence-electron chi connectivity index (χ4n) is 8.14. The van der Waals surface area contributed by atoms with Crippen LogP contribution in [0.5, 0.6) is 0 Å². The normalized spacial score (nSPS) is 28.6. The van der Waals surface area contributed by atoms with Gasteiger partial charge in [-0.15, -0.1) is 0 Å². The number of hydrogen-bond acceptors (Lipinski definition) is 8. The summed E-state index contributed by atoms with van der Waals surface area (Å²) < 4.78 is 34.4. The molecule has 4 aliphatic rings. The molecular formula is C41H56F2N6O8. The van der Waals surface area contributed by atoms with E-state index in [1.807, 2.05) is 20.8 Å². The van der Waals surface area contributed by atoms with Gasteiger partial charge in [0.15, 0.2) is 0 Å². The lowest BCUT2D eigenvalue weighted by molar-refractivity contribution is -0.163. The Bertz CT molecular complexity index is 1720. The molecule has 0 aliphatic carbocycles. The first kappa shape index (κ1) is 43.2. The highest BCUT2D eigenvalue weighted by atomic mass is 19.1. The molecule has 2 unspecified atom stereocenters. The number of nitrogens with zero attached hydrogens (tertiary/aromatic N) is 3. The zero-order chi connectivity index (χ0) is 41.6. The van der Waals surface area contributed by atoms with Crippen LogP contribution in [0, 0.1) is 23.5 Å². The van der Waals surface area contributed by atoms with Crippen LogP contribution in [-0.2, 0) is 44.7 Å². The highest BCUT2D eigenvalue weighted by molar-refractivity contribution is 5.98. The topological polar surface area (TPSA) is 175 Å². The predicted molar refractivity (Wildman–Crippen MR) is 204 cm³/mol. The number of cyclic esters (lactones) is 1. The second-order valence-corrected chi connectivity index (χ2v) is 16.1. The Morgan fingerprint density at radius 2 is 1.51 bits per heavy atom. The summed E-state index contributed by atoms with van der Waals surface area (Å²) in [5, 5.41) is 8.01. The Hall–Kier alpha value is -4.89. The molecule has 0 spiro atoms. The van der Waals surface area contributed by atoms with Crippen molar-refractivity contribution in [3.05, 3.63) is 47.5 Å². The monoisotopic (exact) mass is 798 g/mol. The average molecular weight is 799 g/mol. The second-order valence-electron chi connectivity index (χ2n) is 16.1. The summed E-state index contributed by atoms with van der Waals surface area (Å²) in [5.74, 6) is -5.95. The number of carbonyl (C=O) groups is 7. The molecule has 4 fully saturated rings. The number of carbonyl (C=O) groups excluding carboxylic acids is 7. The van der Waals surface area contributed by atoms with Gasteiger partial charge in [0.1, 0.15) is 54.0 Å². The van der Waals surface area contributed by atoms with Crippen LogP contribution in [-0.4, -0.2) is 118 Å². The molecule has 16 heteroatoms. The van der Waals surface area contributed by atoms with Crippen molar-refractivity contribution in [2.24, 2.45) is 11.8 Å². The molecule has 1 aromatic carbocycles. The van der Waals surface area contributed by atoms with Crippen molar-refractivity contribution < 1.29 is 47.1 Å². The molecule has 6 amide bonds. The number of ether oxygens (including phenoxy) is 1. The van der Waals surface area contributed by atoms with Crippen LogP contribution in [0.25, 0.3) is 0 Å². The van der Waals surface area contributed by atoms with Gasteiger partial charge in [-0.2, -0.15) is 0 Å². The number of piperidine rings is 1. The van der Waals surface area contributed by atoms with Gasteiger partial charge in [-0.1, -0.05) is 33.3 Å². The fourth-order valence-corrected chi connectivity index (χ4v) is 8.14. The van der Waals surface area contributed by atoms with Gasteiger partial charge in [0.2, 0.25) is 35.4 Å². The fraction of sp³-hybridized carbons (Fsp3) is 0.634. The number of nitrogens with one attached hydrogen (secondary N) is 3. The number of fused-ring (bicyclic) bond motifs is 3. The minimum atomic E-state index is -1.59. The van der Waals surface area contributed by atoms with Gasteiger partial charge >= 0.3 is 5.97 Å². The number of esters is 1. The Morgan fingerprint density at radius 3 is 2.18 bits per heavy atom. The Labute approximate surface area is 332 Å². The van der Waals surface area contributed by atoms with E-state index in [9.17, 15) is 42.3 Å². The van der Waals surface area contributed by atoms with E-state index in [1.54, 1.807) is 6.08 Å². The highest BCUT2D eigenvalue weighted by Crippen LogP contribution is 2.29. The van der Waals surface area contributed by atoms with Crippen molar-refractivity contribution >= 4 is 41.4 Å². The Morgan fingerprint density at radius 1 is 0.877 bits per heavy atom. The zero-order valence-electron chi connectivity index (χ0n) is 33.4. The number of rotatable bonds is 9. The maximum atomic E-state index is 14.7. The SMILES string of the molecule is CCC(C)C/C=C/C(=O)N[C@@H](Cc1cc(F)cc(F)c1)C(=O)N[C@@H]1C(=O)N2CCC[C@H]2C(=O)N2CCC(C)C[C@H]2C(=O)N[C@@H](C)C(=O)N2CCC[C@H]2C(=O)O[C@H]1C. The number of benzene rings is 1. The molecule has 312 valence electrons. The highest BCUT2D eigenvalue weighted by Gasteiger charge is 2.47. The van der Waals surface area contributed by atoms with Gasteiger partial charge in [0.05, 0.1) is 0 Å². The molecule has 0 radical (unpaired) electrons.